The molecule has 0 atom stereocenters. The maximum absolute atomic E-state index is 10.8. The smallest absolute Gasteiger partial charge is 0.161 e. The summed E-state index contributed by atoms with van der Waals surface area (Å²) in [5, 5.41) is 10.8. The van der Waals surface area contributed by atoms with Gasteiger partial charge in [0.15, 0.2) is 11.5 Å². The highest BCUT2D eigenvalue weighted by atomic mass is 16.5. The third-order valence-electron chi connectivity index (χ3n) is 6.09. The molecule has 28 heavy (non-hydrogen) atoms. The van der Waals surface area contributed by atoms with E-state index in [0.717, 1.165) is 54.9 Å². The number of ether oxygens (including phenoxy) is 2. The summed E-state index contributed by atoms with van der Waals surface area (Å²) in [5.41, 5.74) is 4.57. The third kappa shape index (κ3) is 3.88. The van der Waals surface area contributed by atoms with Crippen molar-refractivity contribution in [3.63, 3.8) is 0 Å². The molecule has 2 aliphatic rings. The Bertz CT molecular complexity index is 852. The number of methoxy groups -OCH3 is 2. The number of hydrogen-bond donors (Lipinski definition) is 1. The van der Waals surface area contributed by atoms with Gasteiger partial charge in [-0.15, -0.1) is 0 Å². The van der Waals surface area contributed by atoms with Crippen molar-refractivity contribution in [1.82, 2.24) is 4.90 Å². The molecule has 4 rings (SSSR count). The van der Waals surface area contributed by atoms with Gasteiger partial charge in [0.25, 0.3) is 0 Å². The molecule has 4 nitrogen and oxygen atoms in total. The number of piperidine rings is 1. The minimum absolute atomic E-state index is 0.447. The van der Waals surface area contributed by atoms with Gasteiger partial charge in [-0.3, -0.25) is 4.90 Å². The largest absolute Gasteiger partial charge is 0.507 e. The molecular formula is C24H29NO3. The van der Waals surface area contributed by atoms with E-state index in [1.54, 1.807) is 14.2 Å². The van der Waals surface area contributed by atoms with Crippen molar-refractivity contribution >= 4 is 5.76 Å². The lowest BCUT2D eigenvalue weighted by Gasteiger charge is -2.32. The lowest BCUT2D eigenvalue weighted by atomic mass is 9.89. The summed E-state index contributed by atoms with van der Waals surface area (Å²) in [6, 6.07) is 14.6. The molecule has 1 N–H and O–H groups in total. The van der Waals surface area contributed by atoms with Crippen LogP contribution in [-0.2, 0) is 13.0 Å². The Labute approximate surface area is 167 Å². The van der Waals surface area contributed by atoms with Crippen LogP contribution in [0.1, 0.15) is 36.0 Å². The second-order valence-electron chi connectivity index (χ2n) is 7.90. The topological polar surface area (TPSA) is 41.9 Å². The highest BCUT2D eigenvalue weighted by molar-refractivity contribution is 5.73. The van der Waals surface area contributed by atoms with Gasteiger partial charge < -0.3 is 14.6 Å². The number of likely N-dealkylation sites (tertiary alicyclic amines) is 1. The molecule has 0 unspecified atom stereocenters. The quantitative estimate of drug-likeness (QED) is 0.780. The Balaban J connectivity index is 1.37. The number of nitrogens with zero attached hydrogens (tertiary/aromatic N) is 1. The SMILES string of the molecule is COc1cc2c(cc1OC)C(O)=C(CC1CCN(Cc3ccccc3)CC1)C2. The van der Waals surface area contributed by atoms with Crippen LogP contribution < -0.4 is 9.47 Å². The molecule has 0 aromatic heterocycles. The van der Waals surface area contributed by atoms with Gasteiger partial charge in [0, 0.05) is 12.1 Å². The lowest BCUT2D eigenvalue weighted by molar-refractivity contribution is 0.176. The molecule has 1 heterocycles. The second-order valence-corrected chi connectivity index (χ2v) is 7.90. The van der Waals surface area contributed by atoms with Crippen LogP contribution in [0.5, 0.6) is 11.5 Å². The van der Waals surface area contributed by atoms with Crippen molar-refractivity contribution < 1.29 is 14.6 Å². The molecule has 0 radical (unpaired) electrons. The van der Waals surface area contributed by atoms with Gasteiger partial charge in [-0.05, 0) is 73.5 Å². The van der Waals surface area contributed by atoms with E-state index in [0.29, 0.717) is 17.4 Å². The van der Waals surface area contributed by atoms with Crippen molar-refractivity contribution in [2.24, 2.45) is 5.92 Å². The number of fused-ring (bicyclic) bond motifs is 1. The minimum atomic E-state index is 0.447. The molecule has 4 heteroatoms. The van der Waals surface area contributed by atoms with Gasteiger partial charge in [-0.2, -0.15) is 0 Å². The highest BCUT2D eigenvalue weighted by Crippen LogP contribution is 2.41. The van der Waals surface area contributed by atoms with Crippen LogP contribution in [0.15, 0.2) is 48.0 Å². The monoisotopic (exact) mass is 379 g/mol. The fourth-order valence-corrected chi connectivity index (χ4v) is 4.50. The molecule has 1 aliphatic carbocycles. The minimum Gasteiger partial charge on any atom is -0.507 e. The first-order valence-electron chi connectivity index (χ1n) is 10.1. The standard InChI is InChI=1S/C24H29NO3/c1-27-22-14-19-13-20(24(26)21(19)15-23(22)28-2)12-17-8-10-25(11-9-17)16-18-6-4-3-5-7-18/h3-7,14-15,17,26H,8-13,16H2,1-2H3. The van der Waals surface area contributed by atoms with Crippen LogP contribution in [0.3, 0.4) is 0 Å². The number of aliphatic hydroxyl groups excluding tert-OH is 1. The lowest BCUT2D eigenvalue weighted by Crippen LogP contribution is -2.33. The highest BCUT2D eigenvalue weighted by Gasteiger charge is 2.27. The van der Waals surface area contributed by atoms with Gasteiger partial charge in [0.1, 0.15) is 5.76 Å². The summed E-state index contributed by atoms with van der Waals surface area (Å²) in [6.07, 6.45) is 4.16. The average molecular weight is 380 g/mol. The Morgan fingerprint density at radius 1 is 1.00 bits per heavy atom. The Kier molecular flexibility index (Phi) is 5.58. The van der Waals surface area contributed by atoms with Crippen LogP contribution >= 0.6 is 0 Å². The summed E-state index contributed by atoms with van der Waals surface area (Å²) in [4.78, 5) is 2.54. The van der Waals surface area contributed by atoms with E-state index in [1.165, 1.54) is 18.4 Å². The number of allylic oxidation sites excluding steroid dienone is 1. The molecule has 2 aromatic rings. The molecule has 2 aromatic carbocycles. The number of hydrogen-bond acceptors (Lipinski definition) is 4. The molecule has 1 aliphatic heterocycles. The summed E-state index contributed by atoms with van der Waals surface area (Å²) in [7, 11) is 3.28. The predicted molar refractivity (Wildman–Crippen MR) is 112 cm³/mol. The molecule has 1 fully saturated rings. The third-order valence-corrected chi connectivity index (χ3v) is 6.09. The van der Waals surface area contributed by atoms with E-state index in [9.17, 15) is 5.11 Å². The zero-order valence-corrected chi connectivity index (χ0v) is 16.8. The second kappa shape index (κ2) is 8.27. The van der Waals surface area contributed by atoms with Crippen molar-refractivity contribution in [2.45, 2.75) is 32.2 Å². The van der Waals surface area contributed by atoms with E-state index < -0.39 is 0 Å². The van der Waals surface area contributed by atoms with Gasteiger partial charge in [0.05, 0.1) is 14.2 Å². The van der Waals surface area contributed by atoms with E-state index in [1.807, 2.05) is 12.1 Å². The van der Waals surface area contributed by atoms with E-state index in [-0.39, 0.29) is 0 Å². The molecule has 148 valence electrons. The first-order valence-corrected chi connectivity index (χ1v) is 10.1. The maximum Gasteiger partial charge on any atom is 0.161 e. The fourth-order valence-electron chi connectivity index (χ4n) is 4.50. The number of rotatable bonds is 6. The molecule has 0 spiro atoms. The Morgan fingerprint density at radius 2 is 1.68 bits per heavy atom. The average Bonchev–Trinajstić information content (AvgIpc) is 3.03. The summed E-state index contributed by atoms with van der Waals surface area (Å²) >= 11 is 0. The van der Waals surface area contributed by atoms with Gasteiger partial charge in [-0.1, -0.05) is 30.3 Å². The predicted octanol–water partition coefficient (Wildman–Crippen LogP) is 4.83. The van der Waals surface area contributed by atoms with Crippen LogP contribution in [-0.4, -0.2) is 37.3 Å². The van der Waals surface area contributed by atoms with Crippen molar-refractivity contribution in [3.05, 3.63) is 64.7 Å². The van der Waals surface area contributed by atoms with Crippen LogP contribution in [0.25, 0.3) is 5.76 Å². The Morgan fingerprint density at radius 3 is 2.36 bits per heavy atom. The first-order chi connectivity index (χ1) is 13.7. The molecule has 1 saturated heterocycles. The van der Waals surface area contributed by atoms with Crippen LogP contribution in [0.4, 0.5) is 0 Å². The molecule has 0 bridgehead atoms. The van der Waals surface area contributed by atoms with Crippen molar-refractivity contribution in [2.75, 3.05) is 27.3 Å². The maximum atomic E-state index is 10.8. The first kappa shape index (κ1) is 18.9. The van der Waals surface area contributed by atoms with E-state index >= 15 is 0 Å². The van der Waals surface area contributed by atoms with Crippen LogP contribution in [0, 0.1) is 5.92 Å². The van der Waals surface area contributed by atoms with Crippen LogP contribution in [0.2, 0.25) is 0 Å². The van der Waals surface area contributed by atoms with Crippen molar-refractivity contribution in [1.29, 1.82) is 0 Å². The number of benzene rings is 2. The fraction of sp³-hybridized carbons (Fsp3) is 0.417. The van der Waals surface area contributed by atoms with Gasteiger partial charge in [-0.25, -0.2) is 0 Å². The van der Waals surface area contributed by atoms with E-state index in [4.69, 9.17) is 9.47 Å². The van der Waals surface area contributed by atoms with Crippen molar-refractivity contribution in [3.8, 4) is 11.5 Å². The van der Waals surface area contributed by atoms with Gasteiger partial charge >= 0.3 is 0 Å². The normalized spacial score (nSPS) is 17.6. The summed E-state index contributed by atoms with van der Waals surface area (Å²) in [6.45, 7) is 3.29. The summed E-state index contributed by atoms with van der Waals surface area (Å²) < 4.78 is 10.8. The van der Waals surface area contributed by atoms with E-state index in [2.05, 4.69) is 35.2 Å². The Hall–Kier alpha value is -2.46. The molecular weight excluding hydrogens is 350 g/mol. The molecule has 0 amide bonds. The summed E-state index contributed by atoms with van der Waals surface area (Å²) in [5.74, 6) is 2.48. The van der Waals surface area contributed by atoms with Gasteiger partial charge in [0.2, 0.25) is 0 Å². The zero-order chi connectivity index (χ0) is 19.5. The zero-order valence-electron chi connectivity index (χ0n) is 16.8. The molecule has 0 saturated carbocycles. The number of aliphatic hydroxyl groups is 1.